The molecule has 0 unspecified atom stereocenters. The third kappa shape index (κ3) is 2.68. The molecule has 3 heterocycles. The van der Waals surface area contributed by atoms with Crippen LogP contribution in [0.2, 0.25) is 0 Å². The van der Waals surface area contributed by atoms with Crippen molar-refractivity contribution in [3.8, 4) is 11.4 Å². The summed E-state index contributed by atoms with van der Waals surface area (Å²) in [6.07, 6.45) is 2.56. The van der Waals surface area contributed by atoms with Gasteiger partial charge in [-0.2, -0.15) is 15.3 Å². The van der Waals surface area contributed by atoms with E-state index in [0.29, 0.717) is 17.1 Å². The fraction of sp³-hybridized carbons (Fsp3) is 0.231. The van der Waals surface area contributed by atoms with Crippen molar-refractivity contribution in [3.05, 3.63) is 41.8 Å². The van der Waals surface area contributed by atoms with Crippen LogP contribution in [0, 0.1) is 6.92 Å². The van der Waals surface area contributed by atoms with Crippen LogP contribution in [0.5, 0.6) is 0 Å². The van der Waals surface area contributed by atoms with Gasteiger partial charge in [-0.1, -0.05) is 5.16 Å². The molecule has 3 rings (SSSR count). The van der Waals surface area contributed by atoms with Crippen LogP contribution >= 0.6 is 0 Å². The second-order valence-electron chi connectivity index (χ2n) is 4.50. The second-order valence-corrected chi connectivity index (χ2v) is 4.50. The van der Waals surface area contributed by atoms with E-state index < -0.39 is 12.1 Å². The molecule has 1 N–H and O–H groups in total. The summed E-state index contributed by atoms with van der Waals surface area (Å²) in [5.74, 6) is -0.0446. The molecule has 9 nitrogen and oxygen atoms in total. The molecule has 0 aromatic carbocycles. The minimum absolute atomic E-state index is 0.124. The van der Waals surface area contributed by atoms with Gasteiger partial charge in [0.1, 0.15) is 0 Å². The number of aryl methyl sites for hydroxylation is 1. The molecule has 1 atom stereocenters. The lowest BCUT2D eigenvalue weighted by Gasteiger charge is -2.07. The van der Waals surface area contributed by atoms with E-state index in [1.54, 1.807) is 38.4 Å². The van der Waals surface area contributed by atoms with Crippen molar-refractivity contribution in [3.63, 3.8) is 0 Å². The second kappa shape index (κ2) is 5.72. The summed E-state index contributed by atoms with van der Waals surface area (Å²) in [6, 6.07) is 3.57. The molecule has 0 aliphatic rings. The third-order valence-corrected chi connectivity index (χ3v) is 2.91. The number of aromatic nitrogens is 6. The number of esters is 1. The summed E-state index contributed by atoms with van der Waals surface area (Å²) in [7, 11) is 0. The predicted molar refractivity (Wildman–Crippen MR) is 72.5 cm³/mol. The van der Waals surface area contributed by atoms with Gasteiger partial charge in [-0.05, 0) is 26.0 Å². The van der Waals surface area contributed by atoms with Gasteiger partial charge < -0.3 is 9.26 Å². The molecule has 22 heavy (non-hydrogen) atoms. The van der Waals surface area contributed by atoms with Crippen molar-refractivity contribution in [2.24, 2.45) is 0 Å². The molecule has 0 saturated carbocycles. The minimum atomic E-state index is -0.707. The summed E-state index contributed by atoms with van der Waals surface area (Å²) in [5, 5.41) is 13.7. The SMILES string of the molecule is Cc1n[nH]nc1C(=O)O[C@H](C)c1nc(-c2cccnc2)no1. The number of nitrogens with zero attached hydrogens (tertiary/aromatic N) is 5. The number of pyridine rings is 1. The Morgan fingerprint density at radius 3 is 2.95 bits per heavy atom. The van der Waals surface area contributed by atoms with Gasteiger partial charge in [-0.25, -0.2) is 4.79 Å². The van der Waals surface area contributed by atoms with Crippen molar-refractivity contribution >= 4 is 5.97 Å². The molecule has 0 bridgehead atoms. The average molecular weight is 300 g/mol. The monoisotopic (exact) mass is 300 g/mol. The van der Waals surface area contributed by atoms with Gasteiger partial charge in [0, 0.05) is 18.0 Å². The Morgan fingerprint density at radius 2 is 2.27 bits per heavy atom. The highest BCUT2D eigenvalue weighted by Crippen LogP contribution is 2.20. The van der Waals surface area contributed by atoms with E-state index in [2.05, 4.69) is 30.5 Å². The van der Waals surface area contributed by atoms with Gasteiger partial charge in [0.05, 0.1) is 5.69 Å². The number of aromatic amines is 1. The molecular weight excluding hydrogens is 288 g/mol. The van der Waals surface area contributed by atoms with E-state index in [0.717, 1.165) is 0 Å². The normalized spacial score (nSPS) is 12.1. The van der Waals surface area contributed by atoms with Gasteiger partial charge in [0.2, 0.25) is 5.82 Å². The van der Waals surface area contributed by atoms with E-state index in [1.165, 1.54) is 0 Å². The summed E-state index contributed by atoms with van der Waals surface area (Å²) < 4.78 is 10.4. The van der Waals surface area contributed by atoms with Gasteiger partial charge in [0.25, 0.3) is 5.89 Å². The number of hydrogen-bond acceptors (Lipinski definition) is 8. The van der Waals surface area contributed by atoms with Gasteiger partial charge in [-0.3, -0.25) is 4.98 Å². The largest absolute Gasteiger partial charge is 0.448 e. The van der Waals surface area contributed by atoms with E-state index in [1.807, 2.05) is 0 Å². The smallest absolute Gasteiger partial charge is 0.361 e. The van der Waals surface area contributed by atoms with Crippen LogP contribution in [-0.4, -0.2) is 36.5 Å². The Labute approximate surface area is 124 Å². The molecule has 9 heteroatoms. The summed E-state index contributed by atoms with van der Waals surface area (Å²) in [4.78, 5) is 20.1. The van der Waals surface area contributed by atoms with Crippen molar-refractivity contribution in [1.29, 1.82) is 0 Å². The van der Waals surface area contributed by atoms with Crippen molar-refractivity contribution in [1.82, 2.24) is 30.5 Å². The Bertz CT molecular complexity index is 782. The molecule has 0 aliphatic heterocycles. The predicted octanol–water partition coefficient (Wildman–Crippen LogP) is 1.48. The van der Waals surface area contributed by atoms with Crippen LogP contribution in [-0.2, 0) is 4.74 Å². The van der Waals surface area contributed by atoms with Crippen LogP contribution < -0.4 is 0 Å². The van der Waals surface area contributed by atoms with Crippen molar-refractivity contribution < 1.29 is 14.1 Å². The number of hydrogen-bond donors (Lipinski definition) is 1. The Balaban J connectivity index is 1.73. The van der Waals surface area contributed by atoms with Crippen LogP contribution in [0.1, 0.15) is 35.1 Å². The lowest BCUT2D eigenvalue weighted by molar-refractivity contribution is 0.0257. The van der Waals surface area contributed by atoms with E-state index in [9.17, 15) is 4.79 Å². The maximum absolute atomic E-state index is 11.9. The van der Waals surface area contributed by atoms with Gasteiger partial charge in [-0.15, -0.1) is 5.10 Å². The molecular formula is C13H12N6O3. The van der Waals surface area contributed by atoms with E-state index in [-0.39, 0.29) is 11.6 Å². The molecule has 0 radical (unpaired) electrons. The first-order valence-electron chi connectivity index (χ1n) is 6.47. The minimum Gasteiger partial charge on any atom is -0.448 e. The molecule has 0 aliphatic carbocycles. The maximum atomic E-state index is 11.9. The molecule has 112 valence electrons. The molecule has 0 spiro atoms. The van der Waals surface area contributed by atoms with Crippen molar-refractivity contribution in [2.45, 2.75) is 20.0 Å². The first-order valence-corrected chi connectivity index (χ1v) is 6.47. The summed E-state index contributed by atoms with van der Waals surface area (Å²) >= 11 is 0. The number of H-pyrrole nitrogens is 1. The molecule has 0 fully saturated rings. The van der Waals surface area contributed by atoms with Crippen LogP contribution in [0.4, 0.5) is 0 Å². The Kier molecular flexibility index (Phi) is 3.60. The van der Waals surface area contributed by atoms with E-state index >= 15 is 0 Å². The summed E-state index contributed by atoms with van der Waals surface area (Å²) in [5.41, 5.74) is 1.29. The third-order valence-electron chi connectivity index (χ3n) is 2.91. The fourth-order valence-electron chi connectivity index (χ4n) is 1.76. The standard InChI is InChI=1S/C13H12N6O3/c1-7-10(17-19-16-7)13(20)21-8(2)12-15-11(18-22-12)9-4-3-5-14-6-9/h3-6,8H,1-2H3,(H,16,17,19)/t8-/m1/s1. The number of carbonyl (C=O) groups excluding carboxylic acids is 1. The summed E-state index contributed by atoms with van der Waals surface area (Å²) in [6.45, 7) is 3.28. The lowest BCUT2D eigenvalue weighted by atomic mass is 10.3. The van der Waals surface area contributed by atoms with Crippen LogP contribution in [0.25, 0.3) is 11.4 Å². The molecule has 3 aromatic heterocycles. The first-order chi connectivity index (χ1) is 10.6. The molecule has 0 amide bonds. The number of rotatable bonds is 4. The zero-order valence-corrected chi connectivity index (χ0v) is 11.8. The number of carbonyl (C=O) groups is 1. The van der Waals surface area contributed by atoms with Gasteiger partial charge >= 0.3 is 5.97 Å². The van der Waals surface area contributed by atoms with Crippen molar-refractivity contribution in [2.75, 3.05) is 0 Å². The number of ether oxygens (including phenoxy) is 1. The highest BCUT2D eigenvalue weighted by molar-refractivity contribution is 5.88. The topological polar surface area (TPSA) is 120 Å². The highest BCUT2D eigenvalue weighted by Gasteiger charge is 2.22. The number of nitrogens with one attached hydrogen (secondary N) is 1. The van der Waals surface area contributed by atoms with Crippen LogP contribution in [0.3, 0.4) is 0 Å². The lowest BCUT2D eigenvalue weighted by Crippen LogP contribution is -2.11. The maximum Gasteiger partial charge on any atom is 0.361 e. The Morgan fingerprint density at radius 1 is 1.41 bits per heavy atom. The Hall–Kier alpha value is -3.10. The first kappa shape index (κ1) is 13.9. The quantitative estimate of drug-likeness (QED) is 0.719. The van der Waals surface area contributed by atoms with Gasteiger partial charge in [0.15, 0.2) is 11.8 Å². The zero-order chi connectivity index (χ0) is 15.5. The zero-order valence-electron chi connectivity index (χ0n) is 11.8. The fourth-order valence-corrected chi connectivity index (χ4v) is 1.76. The molecule has 0 saturated heterocycles. The van der Waals surface area contributed by atoms with E-state index in [4.69, 9.17) is 9.26 Å². The average Bonchev–Trinajstić information content (AvgIpc) is 3.17. The molecule has 3 aromatic rings. The van der Waals surface area contributed by atoms with Crippen LogP contribution in [0.15, 0.2) is 29.0 Å². The highest BCUT2D eigenvalue weighted by atomic mass is 16.6.